The smallest absolute Gasteiger partial charge is 0.221 e. The maximum absolute atomic E-state index is 14.4. The van der Waals surface area contributed by atoms with Gasteiger partial charge in [0.25, 0.3) is 0 Å². The summed E-state index contributed by atoms with van der Waals surface area (Å²) >= 11 is 0. The predicted octanol–water partition coefficient (Wildman–Crippen LogP) is 4.88. The van der Waals surface area contributed by atoms with Crippen molar-refractivity contribution in [2.24, 2.45) is 0 Å². The quantitative estimate of drug-likeness (QED) is 0.367. The zero-order chi connectivity index (χ0) is 25.5. The molecular weight excluding hydrogens is 467 g/mol. The molecule has 3 heterocycles. The number of imidazole rings is 1. The van der Waals surface area contributed by atoms with Gasteiger partial charge in [0.1, 0.15) is 5.82 Å². The molecule has 1 amide bonds. The van der Waals surface area contributed by atoms with Crippen LogP contribution >= 0.6 is 0 Å². The summed E-state index contributed by atoms with van der Waals surface area (Å²) in [7, 11) is 0. The molecule has 1 aromatic heterocycles. The average Bonchev–Trinajstić information content (AvgIpc) is 3.47. The van der Waals surface area contributed by atoms with E-state index in [1.807, 2.05) is 33.4 Å². The van der Waals surface area contributed by atoms with E-state index in [2.05, 4.69) is 33.7 Å². The molecule has 0 saturated carbocycles. The number of piperidine rings is 1. The molecule has 3 aromatic carbocycles. The number of hydrogen-bond donors (Lipinski definition) is 3. The van der Waals surface area contributed by atoms with Gasteiger partial charge in [-0.3, -0.25) is 10.2 Å². The van der Waals surface area contributed by atoms with Gasteiger partial charge < -0.3 is 24.7 Å². The number of hydrogen-bond acceptors (Lipinski definition) is 4. The van der Waals surface area contributed by atoms with Gasteiger partial charge in [0.15, 0.2) is 0 Å². The zero-order valence-electron chi connectivity index (χ0n) is 20.9. The van der Waals surface area contributed by atoms with E-state index in [0.29, 0.717) is 12.2 Å². The van der Waals surface area contributed by atoms with Crippen molar-refractivity contribution in [3.8, 4) is 0 Å². The van der Waals surface area contributed by atoms with E-state index in [-0.39, 0.29) is 17.8 Å². The van der Waals surface area contributed by atoms with Gasteiger partial charge in [-0.05, 0) is 66.8 Å². The first-order valence-electron chi connectivity index (χ1n) is 12.9. The first-order valence-corrected chi connectivity index (χ1v) is 12.9. The van der Waals surface area contributed by atoms with Crippen molar-refractivity contribution in [2.75, 3.05) is 35.2 Å². The highest BCUT2D eigenvalue weighted by atomic mass is 19.1. The first kappa shape index (κ1) is 23.3. The Hall–Kier alpha value is -4.07. The summed E-state index contributed by atoms with van der Waals surface area (Å²) in [6.07, 6.45) is 2.63. The van der Waals surface area contributed by atoms with E-state index in [0.717, 1.165) is 61.3 Å². The molecule has 7 nitrogen and oxygen atoms in total. The van der Waals surface area contributed by atoms with Gasteiger partial charge in [-0.2, -0.15) is 0 Å². The van der Waals surface area contributed by atoms with Crippen LogP contribution in [0.2, 0.25) is 0 Å². The standard InChI is InChI=1S/C29H31FN6O/c1-19(37)33-25-6-2-3-8-26(25)34-15-12-22(13-16-34)36-28-17-21(30)9-10-27(28)35(29(36)31)18-20-5-4-7-24-23(20)11-14-32-24/h2-10,17,22,31-32H,11-16,18H2,1H3,(H,33,37). The molecule has 37 heavy (non-hydrogen) atoms. The van der Waals surface area contributed by atoms with E-state index in [1.54, 1.807) is 12.1 Å². The lowest BCUT2D eigenvalue weighted by Gasteiger charge is -2.35. The van der Waals surface area contributed by atoms with Gasteiger partial charge >= 0.3 is 0 Å². The van der Waals surface area contributed by atoms with Crippen LogP contribution in [0.15, 0.2) is 60.7 Å². The van der Waals surface area contributed by atoms with E-state index in [4.69, 9.17) is 0 Å². The fourth-order valence-corrected chi connectivity index (χ4v) is 5.95. The van der Waals surface area contributed by atoms with Gasteiger partial charge in [-0.25, -0.2) is 4.39 Å². The largest absolute Gasteiger partial charge is 0.384 e. The number of halogens is 1. The van der Waals surface area contributed by atoms with Gasteiger partial charge in [0.05, 0.1) is 29.0 Å². The summed E-state index contributed by atoms with van der Waals surface area (Å²) in [6, 6.07) is 19.1. The number of fused-ring (bicyclic) bond motifs is 2. The third kappa shape index (κ3) is 4.26. The Morgan fingerprint density at radius 1 is 1.08 bits per heavy atom. The number of carbonyl (C=O) groups excluding carboxylic acids is 1. The third-order valence-electron chi connectivity index (χ3n) is 7.65. The van der Waals surface area contributed by atoms with Crippen molar-refractivity contribution in [1.29, 1.82) is 5.41 Å². The summed E-state index contributed by atoms with van der Waals surface area (Å²) in [6.45, 7) is 4.61. The van der Waals surface area contributed by atoms with Crippen molar-refractivity contribution in [3.05, 3.63) is 83.2 Å². The van der Waals surface area contributed by atoms with Gasteiger partial charge in [-0.1, -0.05) is 24.3 Å². The number of anilines is 3. The summed E-state index contributed by atoms with van der Waals surface area (Å²) in [5.74, 6) is -0.378. The SMILES string of the molecule is CC(=O)Nc1ccccc1N1CCC(n2c(=N)n(Cc3cccc4c3CCN4)c3ccc(F)cc32)CC1. The molecule has 0 unspecified atom stereocenters. The highest BCUT2D eigenvalue weighted by molar-refractivity contribution is 5.92. The molecule has 3 N–H and O–H groups in total. The van der Waals surface area contributed by atoms with Crippen molar-refractivity contribution < 1.29 is 9.18 Å². The molecular formula is C29H31FN6O. The second-order valence-electron chi connectivity index (χ2n) is 9.95. The number of amides is 1. The maximum atomic E-state index is 14.4. The molecule has 190 valence electrons. The number of nitrogens with zero attached hydrogens (tertiary/aromatic N) is 3. The lowest BCUT2D eigenvalue weighted by molar-refractivity contribution is -0.114. The second-order valence-corrected chi connectivity index (χ2v) is 9.95. The summed E-state index contributed by atoms with van der Waals surface area (Å²) < 4.78 is 18.5. The Bertz CT molecular complexity index is 1550. The third-order valence-corrected chi connectivity index (χ3v) is 7.65. The molecule has 0 bridgehead atoms. The fourth-order valence-electron chi connectivity index (χ4n) is 5.95. The maximum Gasteiger partial charge on any atom is 0.221 e. The number of carbonyl (C=O) groups is 1. The molecule has 1 saturated heterocycles. The molecule has 1 fully saturated rings. The van der Waals surface area contributed by atoms with Crippen LogP contribution in [0.4, 0.5) is 21.5 Å². The van der Waals surface area contributed by atoms with Crippen LogP contribution in [0.1, 0.15) is 36.9 Å². The molecule has 0 radical (unpaired) electrons. The zero-order valence-corrected chi connectivity index (χ0v) is 20.9. The van der Waals surface area contributed by atoms with Crippen LogP contribution in [0.5, 0.6) is 0 Å². The normalized spacial score (nSPS) is 15.6. The van der Waals surface area contributed by atoms with Gasteiger partial charge in [-0.15, -0.1) is 0 Å². The molecule has 0 spiro atoms. The van der Waals surface area contributed by atoms with Crippen LogP contribution in [-0.2, 0) is 17.8 Å². The molecule has 0 atom stereocenters. The van der Waals surface area contributed by atoms with Gasteiger partial charge in [0, 0.05) is 38.3 Å². The van der Waals surface area contributed by atoms with E-state index in [1.165, 1.54) is 29.8 Å². The molecule has 0 aliphatic carbocycles. The Labute approximate surface area is 215 Å². The van der Waals surface area contributed by atoms with Crippen molar-refractivity contribution in [1.82, 2.24) is 9.13 Å². The molecule has 8 heteroatoms. The van der Waals surface area contributed by atoms with Crippen LogP contribution in [0.3, 0.4) is 0 Å². The molecule has 6 rings (SSSR count). The topological polar surface area (TPSA) is 78.1 Å². The Kier molecular flexibility index (Phi) is 5.94. The highest BCUT2D eigenvalue weighted by Crippen LogP contribution is 2.33. The Balaban J connectivity index is 1.32. The summed E-state index contributed by atoms with van der Waals surface area (Å²) in [5, 5.41) is 15.5. The first-order chi connectivity index (χ1) is 18.0. The fraction of sp³-hybridized carbons (Fsp3) is 0.310. The summed E-state index contributed by atoms with van der Waals surface area (Å²) in [4.78, 5) is 14.0. The van der Waals surface area contributed by atoms with Crippen LogP contribution < -0.4 is 21.2 Å². The molecule has 2 aliphatic heterocycles. The lowest BCUT2D eigenvalue weighted by Crippen LogP contribution is -2.38. The number of para-hydroxylation sites is 2. The average molecular weight is 499 g/mol. The Morgan fingerprint density at radius 2 is 1.89 bits per heavy atom. The lowest BCUT2D eigenvalue weighted by atomic mass is 10.0. The number of rotatable bonds is 5. The minimum atomic E-state index is -0.287. The highest BCUT2D eigenvalue weighted by Gasteiger charge is 2.26. The second kappa shape index (κ2) is 9.42. The predicted molar refractivity (Wildman–Crippen MR) is 145 cm³/mol. The minimum absolute atomic E-state index is 0.0883. The molecule has 4 aromatic rings. The van der Waals surface area contributed by atoms with E-state index < -0.39 is 0 Å². The van der Waals surface area contributed by atoms with Crippen molar-refractivity contribution in [2.45, 2.75) is 38.8 Å². The van der Waals surface area contributed by atoms with E-state index >= 15 is 0 Å². The number of benzene rings is 3. The van der Waals surface area contributed by atoms with Crippen LogP contribution in [-0.4, -0.2) is 34.7 Å². The van der Waals surface area contributed by atoms with Gasteiger partial charge in [0.2, 0.25) is 11.5 Å². The van der Waals surface area contributed by atoms with Crippen molar-refractivity contribution >= 4 is 34.0 Å². The minimum Gasteiger partial charge on any atom is -0.384 e. The number of nitrogens with one attached hydrogen (secondary N) is 3. The monoisotopic (exact) mass is 498 g/mol. The summed E-state index contributed by atoms with van der Waals surface area (Å²) in [5.41, 5.74) is 7.56. The van der Waals surface area contributed by atoms with Crippen molar-refractivity contribution in [3.63, 3.8) is 0 Å². The number of aromatic nitrogens is 2. The Morgan fingerprint density at radius 3 is 2.70 bits per heavy atom. The van der Waals surface area contributed by atoms with E-state index in [9.17, 15) is 14.6 Å². The van der Waals surface area contributed by atoms with Crippen LogP contribution in [0, 0.1) is 11.2 Å². The van der Waals surface area contributed by atoms with Crippen LogP contribution in [0.25, 0.3) is 11.0 Å². The molecule has 2 aliphatic rings.